The molecule has 0 aliphatic heterocycles. The summed E-state index contributed by atoms with van der Waals surface area (Å²) in [6.45, 7) is 0. The molecule has 0 saturated carbocycles. The Hall–Kier alpha value is -3.25. The van der Waals surface area contributed by atoms with Gasteiger partial charge in [-0.2, -0.15) is 0 Å². The van der Waals surface area contributed by atoms with Crippen molar-refractivity contribution in [2.24, 2.45) is 0 Å². The number of carbonyl (C=O) groups is 2. The van der Waals surface area contributed by atoms with Crippen molar-refractivity contribution in [3.8, 4) is 16.9 Å². The van der Waals surface area contributed by atoms with Gasteiger partial charge in [-0.05, 0) is 35.2 Å². The molecule has 3 aromatic heterocycles. The third-order valence-corrected chi connectivity index (χ3v) is 5.17. The minimum absolute atomic E-state index is 0.0358. The maximum atomic E-state index is 12.4. The predicted octanol–water partition coefficient (Wildman–Crippen LogP) is 4.86. The molecule has 27 heavy (non-hydrogen) atoms. The summed E-state index contributed by atoms with van der Waals surface area (Å²) in [4.78, 5) is 32.1. The number of fused-ring (bicyclic) bond motifs is 1. The predicted molar refractivity (Wildman–Crippen MR) is 105 cm³/mol. The SMILES string of the molecule is O=C(CCC(=O)c1cc(-c2c[nH]c3ccccc23)cs1)Oc1cccnc1. The van der Waals surface area contributed by atoms with Crippen LogP contribution in [0.3, 0.4) is 0 Å². The van der Waals surface area contributed by atoms with Crippen molar-refractivity contribution in [3.63, 3.8) is 0 Å². The quantitative estimate of drug-likeness (QED) is 0.385. The highest BCUT2D eigenvalue weighted by Crippen LogP contribution is 2.32. The number of thiophene rings is 1. The van der Waals surface area contributed by atoms with Crippen LogP contribution in [0.15, 0.2) is 66.4 Å². The number of Topliss-reactive ketones (excluding diaryl/α,β-unsaturated/α-hetero) is 1. The molecule has 0 aliphatic carbocycles. The number of para-hydroxylation sites is 1. The van der Waals surface area contributed by atoms with Crippen molar-refractivity contribution in [1.29, 1.82) is 0 Å². The van der Waals surface area contributed by atoms with Crippen molar-refractivity contribution in [1.82, 2.24) is 9.97 Å². The molecule has 0 unspecified atom stereocenters. The van der Waals surface area contributed by atoms with E-state index >= 15 is 0 Å². The number of pyridine rings is 1. The molecule has 6 heteroatoms. The molecule has 1 aromatic carbocycles. The fourth-order valence-electron chi connectivity index (χ4n) is 2.86. The van der Waals surface area contributed by atoms with Crippen LogP contribution in [0.25, 0.3) is 22.0 Å². The minimum Gasteiger partial charge on any atom is -0.425 e. The molecule has 3 heterocycles. The van der Waals surface area contributed by atoms with Gasteiger partial charge in [-0.3, -0.25) is 14.6 Å². The van der Waals surface area contributed by atoms with Gasteiger partial charge in [0.2, 0.25) is 0 Å². The molecule has 0 atom stereocenters. The van der Waals surface area contributed by atoms with Crippen LogP contribution in [0, 0.1) is 0 Å². The van der Waals surface area contributed by atoms with E-state index in [0.717, 1.165) is 22.0 Å². The normalized spacial score (nSPS) is 10.8. The maximum absolute atomic E-state index is 12.4. The van der Waals surface area contributed by atoms with Crippen LogP contribution in [-0.4, -0.2) is 21.7 Å². The van der Waals surface area contributed by atoms with Gasteiger partial charge in [0, 0.05) is 35.3 Å². The lowest BCUT2D eigenvalue weighted by atomic mass is 10.1. The third-order valence-electron chi connectivity index (χ3n) is 4.20. The van der Waals surface area contributed by atoms with Gasteiger partial charge in [0.05, 0.1) is 17.5 Å². The van der Waals surface area contributed by atoms with Crippen molar-refractivity contribution < 1.29 is 14.3 Å². The number of carbonyl (C=O) groups excluding carboxylic acids is 2. The molecule has 4 aromatic rings. The molecule has 0 fully saturated rings. The number of hydrogen-bond donors (Lipinski definition) is 1. The average Bonchev–Trinajstić information content (AvgIpc) is 3.34. The molecular formula is C21H16N2O3S. The lowest BCUT2D eigenvalue weighted by Gasteiger charge is -2.02. The second-order valence-electron chi connectivity index (χ2n) is 6.03. The van der Waals surface area contributed by atoms with E-state index in [1.807, 2.05) is 35.8 Å². The Labute approximate surface area is 159 Å². The Kier molecular flexibility index (Phi) is 4.80. The lowest BCUT2D eigenvalue weighted by Crippen LogP contribution is -2.10. The lowest BCUT2D eigenvalue weighted by molar-refractivity contribution is -0.134. The number of benzene rings is 1. The van der Waals surface area contributed by atoms with Crippen LogP contribution in [0.1, 0.15) is 22.5 Å². The fraction of sp³-hybridized carbons (Fsp3) is 0.0952. The number of aromatic nitrogens is 2. The van der Waals surface area contributed by atoms with Gasteiger partial charge in [0.15, 0.2) is 5.78 Å². The first-order valence-electron chi connectivity index (χ1n) is 8.49. The average molecular weight is 376 g/mol. The van der Waals surface area contributed by atoms with E-state index < -0.39 is 5.97 Å². The minimum atomic E-state index is -0.440. The summed E-state index contributed by atoms with van der Waals surface area (Å²) in [5, 5.41) is 3.09. The van der Waals surface area contributed by atoms with Gasteiger partial charge in [-0.1, -0.05) is 18.2 Å². The van der Waals surface area contributed by atoms with Crippen LogP contribution in [0.5, 0.6) is 5.75 Å². The highest BCUT2D eigenvalue weighted by Gasteiger charge is 2.15. The maximum Gasteiger partial charge on any atom is 0.311 e. The van der Waals surface area contributed by atoms with Gasteiger partial charge in [-0.25, -0.2) is 0 Å². The van der Waals surface area contributed by atoms with Gasteiger partial charge < -0.3 is 9.72 Å². The summed E-state index contributed by atoms with van der Waals surface area (Å²) in [7, 11) is 0. The van der Waals surface area contributed by atoms with Crippen LogP contribution in [0.4, 0.5) is 0 Å². The van der Waals surface area contributed by atoms with Gasteiger partial charge in [-0.15, -0.1) is 11.3 Å². The van der Waals surface area contributed by atoms with Crippen molar-refractivity contribution >= 4 is 34.0 Å². The van der Waals surface area contributed by atoms with E-state index in [1.54, 1.807) is 18.3 Å². The zero-order valence-corrected chi connectivity index (χ0v) is 15.2. The first-order valence-corrected chi connectivity index (χ1v) is 9.37. The zero-order chi connectivity index (χ0) is 18.6. The number of ketones is 1. The van der Waals surface area contributed by atoms with Crippen LogP contribution < -0.4 is 4.74 Å². The second-order valence-corrected chi connectivity index (χ2v) is 6.94. The van der Waals surface area contributed by atoms with E-state index in [0.29, 0.717) is 10.6 Å². The first kappa shape index (κ1) is 17.2. The summed E-state index contributed by atoms with van der Waals surface area (Å²) < 4.78 is 5.16. The zero-order valence-electron chi connectivity index (χ0n) is 14.3. The number of hydrogen-bond acceptors (Lipinski definition) is 5. The number of ether oxygens (including phenoxy) is 1. The Morgan fingerprint density at radius 2 is 2.00 bits per heavy atom. The Morgan fingerprint density at radius 3 is 2.85 bits per heavy atom. The summed E-state index contributed by atoms with van der Waals surface area (Å²) in [5.41, 5.74) is 3.13. The summed E-state index contributed by atoms with van der Waals surface area (Å²) in [5.74, 6) is -0.119. The number of H-pyrrole nitrogens is 1. The molecule has 1 N–H and O–H groups in total. The second kappa shape index (κ2) is 7.55. The summed E-state index contributed by atoms with van der Waals surface area (Å²) in [6.07, 6.45) is 5.17. The fourth-order valence-corrected chi connectivity index (χ4v) is 3.74. The highest BCUT2D eigenvalue weighted by atomic mass is 32.1. The molecule has 5 nitrogen and oxygen atoms in total. The highest BCUT2D eigenvalue weighted by molar-refractivity contribution is 7.12. The molecule has 0 spiro atoms. The Morgan fingerprint density at radius 1 is 1.11 bits per heavy atom. The number of rotatable bonds is 6. The molecule has 0 saturated heterocycles. The molecule has 0 amide bonds. The molecule has 4 rings (SSSR count). The van der Waals surface area contributed by atoms with E-state index in [1.165, 1.54) is 17.5 Å². The molecule has 0 radical (unpaired) electrons. The third kappa shape index (κ3) is 3.80. The number of nitrogens with one attached hydrogen (secondary N) is 1. The first-order chi connectivity index (χ1) is 13.2. The standard InChI is InChI=1S/C21H16N2O3S/c24-19(7-8-21(25)26-15-4-3-9-22-11-15)20-10-14(13-27-20)17-12-23-18-6-2-1-5-16(17)18/h1-6,9-13,23H,7-8H2. The van der Waals surface area contributed by atoms with Gasteiger partial charge in [0.1, 0.15) is 5.75 Å². The molecular weight excluding hydrogens is 360 g/mol. The largest absolute Gasteiger partial charge is 0.425 e. The van der Waals surface area contributed by atoms with E-state index in [2.05, 4.69) is 16.0 Å². The number of nitrogens with zero attached hydrogens (tertiary/aromatic N) is 1. The van der Waals surface area contributed by atoms with E-state index in [9.17, 15) is 9.59 Å². The number of esters is 1. The van der Waals surface area contributed by atoms with Crippen LogP contribution in [0.2, 0.25) is 0 Å². The summed E-state index contributed by atoms with van der Waals surface area (Å²) in [6, 6.07) is 13.3. The Bertz CT molecular complexity index is 1100. The smallest absolute Gasteiger partial charge is 0.311 e. The van der Waals surface area contributed by atoms with E-state index in [-0.39, 0.29) is 18.6 Å². The molecule has 0 bridgehead atoms. The molecule has 0 aliphatic rings. The number of aromatic amines is 1. The van der Waals surface area contributed by atoms with Gasteiger partial charge in [0.25, 0.3) is 0 Å². The molecule has 134 valence electrons. The monoisotopic (exact) mass is 376 g/mol. The van der Waals surface area contributed by atoms with Crippen molar-refractivity contribution in [2.75, 3.05) is 0 Å². The summed E-state index contributed by atoms with van der Waals surface area (Å²) >= 11 is 1.39. The Balaban J connectivity index is 1.41. The van der Waals surface area contributed by atoms with E-state index in [4.69, 9.17) is 4.74 Å². The van der Waals surface area contributed by atoms with Gasteiger partial charge >= 0.3 is 5.97 Å². The topological polar surface area (TPSA) is 72.0 Å². The van der Waals surface area contributed by atoms with Crippen molar-refractivity contribution in [2.45, 2.75) is 12.8 Å². The van der Waals surface area contributed by atoms with Crippen LogP contribution in [-0.2, 0) is 4.79 Å². The van der Waals surface area contributed by atoms with Crippen LogP contribution >= 0.6 is 11.3 Å². The van der Waals surface area contributed by atoms with Crippen molar-refractivity contribution in [3.05, 3.63) is 71.3 Å².